The predicted molar refractivity (Wildman–Crippen MR) is 87.5 cm³/mol. The Morgan fingerprint density at radius 3 is 2.75 bits per heavy atom. The van der Waals surface area contributed by atoms with Crippen LogP contribution in [-0.2, 0) is 11.2 Å². The molecule has 1 aromatic heterocycles. The van der Waals surface area contributed by atoms with Gasteiger partial charge in [-0.3, -0.25) is 0 Å². The van der Waals surface area contributed by atoms with Crippen LogP contribution in [-0.4, -0.2) is 31.8 Å². The predicted octanol–water partition coefficient (Wildman–Crippen LogP) is 3.82. The molecule has 0 bridgehead atoms. The maximum absolute atomic E-state index is 5.12. The molecule has 0 aromatic carbocycles. The summed E-state index contributed by atoms with van der Waals surface area (Å²) in [5, 5.41) is 6.96. The Labute approximate surface area is 128 Å². The number of hydrogen-bond acceptors (Lipinski definition) is 4. The van der Waals surface area contributed by atoms with Crippen LogP contribution in [0.2, 0.25) is 0 Å². The van der Waals surface area contributed by atoms with Crippen molar-refractivity contribution in [1.29, 1.82) is 0 Å². The van der Waals surface area contributed by atoms with E-state index in [9.17, 15) is 0 Å². The number of rotatable bonds is 11. The molecule has 3 nitrogen and oxygen atoms in total. The largest absolute Gasteiger partial charge is 0.383 e. The first kappa shape index (κ1) is 17.6. The van der Waals surface area contributed by atoms with Gasteiger partial charge in [0.15, 0.2) is 0 Å². The molecule has 0 radical (unpaired) electrons. The Morgan fingerprint density at radius 2 is 2.20 bits per heavy atom. The molecule has 1 N–H and O–H groups in total. The number of methoxy groups -OCH3 is 1. The smallest absolute Gasteiger partial charge is 0.0897 e. The third-order valence-electron chi connectivity index (χ3n) is 4.02. The lowest BCUT2D eigenvalue weighted by Crippen LogP contribution is -2.37. The zero-order chi connectivity index (χ0) is 14.8. The van der Waals surface area contributed by atoms with Gasteiger partial charge in [0.05, 0.1) is 17.3 Å². The molecule has 1 heterocycles. The van der Waals surface area contributed by atoms with Gasteiger partial charge >= 0.3 is 0 Å². The molecule has 0 spiro atoms. The molecule has 0 fully saturated rings. The number of ether oxygens (including phenoxy) is 1. The van der Waals surface area contributed by atoms with Crippen LogP contribution >= 0.6 is 11.3 Å². The van der Waals surface area contributed by atoms with Crippen LogP contribution in [0.25, 0.3) is 0 Å². The summed E-state index contributed by atoms with van der Waals surface area (Å²) >= 11 is 1.76. The molecule has 0 aliphatic rings. The van der Waals surface area contributed by atoms with E-state index < -0.39 is 0 Å². The van der Waals surface area contributed by atoms with Crippen molar-refractivity contribution in [2.24, 2.45) is 5.41 Å². The molecule has 0 aliphatic heterocycles. The van der Waals surface area contributed by atoms with Crippen LogP contribution in [0.1, 0.15) is 50.2 Å². The monoisotopic (exact) mass is 298 g/mol. The number of hydrogen-bond donors (Lipinski definition) is 1. The fourth-order valence-electron chi connectivity index (χ4n) is 2.62. The second-order valence-corrected chi connectivity index (χ2v) is 6.72. The number of aryl methyl sites for hydroxylation is 1. The maximum Gasteiger partial charge on any atom is 0.0897 e. The van der Waals surface area contributed by atoms with Gasteiger partial charge in [-0.05, 0) is 31.6 Å². The van der Waals surface area contributed by atoms with E-state index in [0.29, 0.717) is 5.41 Å². The summed E-state index contributed by atoms with van der Waals surface area (Å²) in [7, 11) is 1.75. The highest BCUT2D eigenvalue weighted by molar-refractivity contribution is 7.09. The Hall–Kier alpha value is -0.450. The van der Waals surface area contributed by atoms with Crippen molar-refractivity contribution in [1.82, 2.24) is 10.3 Å². The number of nitrogens with zero attached hydrogens (tertiary/aromatic N) is 1. The third kappa shape index (κ3) is 5.90. The van der Waals surface area contributed by atoms with E-state index >= 15 is 0 Å². The lowest BCUT2D eigenvalue weighted by molar-refractivity contribution is 0.181. The second-order valence-electron chi connectivity index (χ2n) is 5.66. The van der Waals surface area contributed by atoms with E-state index in [1.807, 2.05) is 0 Å². The van der Waals surface area contributed by atoms with Gasteiger partial charge in [-0.15, -0.1) is 11.3 Å². The SMILES string of the molecule is CCCCC(CC)(CNCCOC)Cc1csc(C)n1. The zero-order valence-electron chi connectivity index (χ0n) is 13.5. The van der Waals surface area contributed by atoms with Crippen molar-refractivity contribution in [2.45, 2.75) is 52.9 Å². The molecule has 1 aromatic rings. The van der Waals surface area contributed by atoms with Crippen molar-refractivity contribution in [3.63, 3.8) is 0 Å². The van der Waals surface area contributed by atoms with E-state index in [4.69, 9.17) is 4.74 Å². The summed E-state index contributed by atoms with van der Waals surface area (Å²) in [5.74, 6) is 0. The number of nitrogens with one attached hydrogen (secondary N) is 1. The number of thiazole rings is 1. The summed E-state index contributed by atoms with van der Waals surface area (Å²) in [4.78, 5) is 4.66. The molecule has 0 amide bonds. The van der Waals surface area contributed by atoms with E-state index in [2.05, 4.69) is 36.5 Å². The molecular weight excluding hydrogens is 268 g/mol. The van der Waals surface area contributed by atoms with Gasteiger partial charge in [0, 0.05) is 25.6 Å². The lowest BCUT2D eigenvalue weighted by atomic mass is 9.76. The topological polar surface area (TPSA) is 34.1 Å². The maximum atomic E-state index is 5.12. The minimum atomic E-state index is 0.338. The van der Waals surface area contributed by atoms with Gasteiger partial charge in [-0.25, -0.2) is 4.98 Å². The average molecular weight is 298 g/mol. The standard InChI is InChI=1S/C16H30N2OS/c1-5-7-8-16(6-2,13-17-9-10-19-4)11-15-12-20-14(3)18-15/h12,17H,5-11,13H2,1-4H3. The van der Waals surface area contributed by atoms with Gasteiger partial charge in [0.25, 0.3) is 0 Å². The molecule has 20 heavy (non-hydrogen) atoms. The normalized spacial score (nSPS) is 14.4. The van der Waals surface area contributed by atoms with Crippen LogP contribution in [0, 0.1) is 12.3 Å². The molecule has 1 atom stereocenters. The summed E-state index contributed by atoms with van der Waals surface area (Å²) in [6, 6.07) is 0. The summed E-state index contributed by atoms with van der Waals surface area (Å²) < 4.78 is 5.12. The van der Waals surface area contributed by atoms with Gasteiger partial charge in [-0.1, -0.05) is 26.7 Å². The fraction of sp³-hybridized carbons (Fsp3) is 0.812. The van der Waals surface area contributed by atoms with Crippen molar-refractivity contribution >= 4 is 11.3 Å². The first-order valence-electron chi connectivity index (χ1n) is 7.76. The van der Waals surface area contributed by atoms with E-state index in [1.165, 1.54) is 36.4 Å². The minimum Gasteiger partial charge on any atom is -0.383 e. The first-order valence-corrected chi connectivity index (χ1v) is 8.64. The van der Waals surface area contributed by atoms with Crippen molar-refractivity contribution in [3.05, 3.63) is 16.1 Å². The van der Waals surface area contributed by atoms with Gasteiger partial charge in [0.2, 0.25) is 0 Å². The Morgan fingerprint density at radius 1 is 1.40 bits per heavy atom. The van der Waals surface area contributed by atoms with Crippen LogP contribution in [0.3, 0.4) is 0 Å². The van der Waals surface area contributed by atoms with Crippen LogP contribution < -0.4 is 5.32 Å². The van der Waals surface area contributed by atoms with E-state index in [-0.39, 0.29) is 0 Å². The number of aromatic nitrogens is 1. The quantitative estimate of drug-likeness (QED) is 0.631. The zero-order valence-corrected chi connectivity index (χ0v) is 14.3. The van der Waals surface area contributed by atoms with E-state index in [0.717, 1.165) is 26.1 Å². The fourth-order valence-corrected chi connectivity index (χ4v) is 3.23. The minimum absolute atomic E-state index is 0.338. The average Bonchev–Trinajstić information content (AvgIpc) is 2.86. The molecule has 1 rings (SSSR count). The van der Waals surface area contributed by atoms with Gasteiger partial charge in [0.1, 0.15) is 0 Å². The Bertz CT molecular complexity index is 367. The Kier molecular flexibility index (Phi) is 8.34. The molecule has 1 unspecified atom stereocenters. The lowest BCUT2D eigenvalue weighted by Gasteiger charge is -2.33. The summed E-state index contributed by atoms with van der Waals surface area (Å²) in [5.41, 5.74) is 1.60. The van der Waals surface area contributed by atoms with Crippen molar-refractivity contribution < 1.29 is 4.74 Å². The highest BCUT2D eigenvalue weighted by Crippen LogP contribution is 2.32. The second kappa shape index (κ2) is 9.48. The molecule has 4 heteroatoms. The third-order valence-corrected chi connectivity index (χ3v) is 4.84. The highest BCUT2D eigenvalue weighted by Gasteiger charge is 2.28. The first-order chi connectivity index (χ1) is 9.65. The molecule has 0 saturated carbocycles. The summed E-state index contributed by atoms with van der Waals surface area (Å²) in [6.07, 6.45) is 6.12. The van der Waals surface area contributed by atoms with Crippen molar-refractivity contribution in [2.75, 3.05) is 26.8 Å². The molecule has 0 saturated heterocycles. The molecular formula is C16H30N2OS. The molecule has 0 aliphatic carbocycles. The number of unbranched alkanes of at least 4 members (excludes halogenated alkanes) is 1. The molecule has 116 valence electrons. The van der Waals surface area contributed by atoms with Crippen LogP contribution in [0.4, 0.5) is 0 Å². The Balaban J connectivity index is 2.64. The van der Waals surface area contributed by atoms with Gasteiger partial charge in [-0.2, -0.15) is 0 Å². The van der Waals surface area contributed by atoms with E-state index in [1.54, 1.807) is 18.4 Å². The van der Waals surface area contributed by atoms with Gasteiger partial charge < -0.3 is 10.1 Å². The van der Waals surface area contributed by atoms with Crippen LogP contribution in [0.15, 0.2) is 5.38 Å². The van der Waals surface area contributed by atoms with Crippen molar-refractivity contribution in [3.8, 4) is 0 Å². The van der Waals surface area contributed by atoms with Crippen LogP contribution in [0.5, 0.6) is 0 Å². The summed E-state index contributed by atoms with van der Waals surface area (Å²) in [6.45, 7) is 9.44. The highest BCUT2D eigenvalue weighted by atomic mass is 32.1.